The molecule has 0 bridgehead atoms. The van der Waals surface area contributed by atoms with Crippen LogP contribution in [0.15, 0.2) is 22.5 Å². The van der Waals surface area contributed by atoms with Crippen LogP contribution in [0.25, 0.3) is 0 Å². The minimum absolute atomic E-state index is 0.350. The number of allylic oxidation sites excluding steroid dienone is 2. The molecule has 2 rings (SSSR count). The van der Waals surface area contributed by atoms with E-state index in [1.807, 2.05) is 20.8 Å². The SMILES string of the molecule is CC1=C[SH](C(=O)C(C)(C)N2CCOCC2)C=C1. The highest BCUT2D eigenvalue weighted by Gasteiger charge is 2.37. The van der Waals surface area contributed by atoms with Gasteiger partial charge < -0.3 is 4.74 Å². The zero-order valence-electron chi connectivity index (χ0n) is 10.8. The predicted molar refractivity (Wildman–Crippen MR) is 73.4 cm³/mol. The van der Waals surface area contributed by atoms with Crippen LogP contribution in [0.2, 0.25) is 0 Å². The highest BCUT2D eigenvalue weighted by Crippen LogP contribution is 2.41. The molecule has 0 aromatic heterocycles. The summed E-state index contributed by atoms with van der Waals surface area (Å²) in [5.74, 6) is 0. The molecule has 3 nitrogen and oxygen atoms in total. The lowest BCUT2D eigenvalue weighted by Gasteiger charge is -2.40. The Morgan fingerprint density at radius 1 is 1.41 bits per heavy atom. The molecule has 2 aliphatic rings. The highest BCUT2D eigenvalue weighted by molar-refractivity contribution is 8.34. The molecular formula is C13H21NO2S. The second-order valence-electron chi connectivity index (χ2n) is 5.06. The van der Waals surface area contributed by atoms with E-state index in [1.54, 1.807) is 0 Å². The summed E-state index contributed by atoms with van der Waals surface area (Å²) in [6, 6.07) is 0. The predicted octanol–water partition coefficient (Wildman–Crippen LogP) is 2.06. The standard InChI is InChI=1S/C13H21NO2S/c1-11-4-9-17(10-11)12(15)13(2,3)14-5-7-16-8-6-14/h4,9-10,17H,5-8H2,1-3H3. The van der Waals surface area contributed by atoms with Crippen molar-refractivity contribution in [1.29, 1.82) is 0 Å². The van der Waals surface area contributed by atoms with Crippen LogP contribution in [-0.4, -0.2) is 41.9 Å². The van der Waals surface area contributed by atoms with Crippen LogP contribution in [-0.2, 0) is 9.53 Å². The van der Waals surface area contributed by atoms with E-state index in [4.69, 9.17) is 4.74 Å². The first kappa shape index (κ1) is 12.9. The van der Waals surface area contributed by atoms with Crippen molar-refractivity contribution in [3.05, 3.63) is 22.5 Å². The fraction of sp³-hybridized carbons (Fsp3) is 0.615. The first-order chi connectivity index (χ1) is 8.01. The maximum Gasteiger partial charge on any atom is 0.196 e. The third kappa shape index (κ3) is 2.64. The zero-order valence-corrected chi connectivity index (χ0v) is 11.7. The maximum absolute atomic E-state index is 12.6. The van der Waals surface area contributed by atoms with E-state index >= 15 is 0 Å². The summed E-state index contributed by atoms with van der Waals surface area (Å²) >= 11 is 0. The van der Waals surface area contributed by atoms with Crippen LogP contribution in [0.1, 0.15) is 20.8 Å². The second-order valence-corrected chi connectivity index (χ2v) is 6.84. The van der Waals surface area contributed by atoms with Gasteiger partial charge in [-0.2, -0.15) is 10.9 Å². The van der Waals surface area contributed by atoms with Gasteiger partial charge in [0.25, 0.3) is 0 Å². The van der Waals surface area contributed by atoms with Crippen LogP contribution in [0.3, 0.4) is 0 Å². The Morgan fingerprint density at radius 3 is 2.59 bits per heavy atom. The van der Waals surface area contributed by atoms with Crippen molar-refractivity contribution in [1.82, 2.24) is 4.90 Å². The lowest BCUT2D eigenvalue weighted by Crippen LogP contribution is -2.54. The number of hydrogen-bond acceptors (Lipinski definition) is 3. The van der Waals surface area contributed by atoms with Crippen LogP contribution >= 0.6 is 10.9 Å². The molecule has 0 amide bonds. The number of morpholine rings is 1. The average Bonchev–Trinajstić information content (AvgIpc) is 2.76. The first-order valence-electron chi connectivity index (χ1n) is 6.04. The third-order valence-electron chi connectivity index (χ3n) is 3.40. The summed E-state index contributed by atoms with van der Waals surface area (Å²) in [6.45, 7) is 9.31. The largest absolute Gasteiger partial charge is 0.379 e. The van der Waals surface area contributed by atoms with Gasteiger partial charge in [0, 0.05) is 13.1 Å². The van der Waals surface area contributed by atoms with E-state index in [9.17, 15) is 4.79 Å². The van der Waals surface area contributed by atoms with Crippen LogP contribution in [0, 0.1) is 0 Å². The first-order valence-corrected chi connectivity index (χ1v) is 7.52. The molecule has 17 heavy (non-hydrogen) atoms. The number of ether oxygens (including phenoxy) is 1. The van der Waals surface area contributed by atoms with Gasteiger partial charge in [-0.3, -0.25) is 9.69 Å². The molecule has 1 saturated heterocycles. The fourth-order valence-electron chi connectivity index (χ4n) is 2.20. The van der Waals surface area contributed by atoms with Gasteiger partial charge in [0.1, 0.15) is 0 Å². The number of nitrogens with zero attached hydrogens (tertiary/aromatic N) is 1. The van der Waals surface area contributed by atoms with Crippen molar-refractivity contribution >= 4 is 16.0 Å². The van der Waals surface area contributed by atoms with Gasteiger partial charge >= 0.3 is 0 Å². The Morgan fingerprint density at radius 2 is 2.06 bits per heavy atom. The van der Waals surface area contributed by atoms with Crippen molar-refractivity contribution in [3.8, 4) is 0 Å². The third-order valence-corrected chi connectivity index (χ3v) is 5.57. The minimum atomic E-state index is -0.722. The number of carbonyl (C=O) groups is 1. The number of hydrogen-bond donors (Lipinski definition) is 1. The molecule has 0 aromatic rings. The minimum Gasteiger partial charge on any atom is -0.379 e. The van der Waals surface area contributed by atoms with E-state index in [0.717, 1.165) is 26.3 Å². The van der Waals surface area contributed by atoms with E-state index < -0.39 is 10.9 Å². The molecule has 1 atom stereocenters. The Kier molecular flexibility index (Phi) is 3.76. The number of carbonyl (C=O) groups excluding carboxylic acids is 1. The van der Waals surface area contributed by atoms with Crippen LogP contribution in [0.5, 0.6) is 0 Å². The molecule has 2 heterocycles. The maximum atomic E-state index is 12.6. The van der Waals surface area contributed by atoms with Crippen molar-refractivity contribution < 1.29 is 9.53 Å². The van der Waals surface area contributed by atoms with E-state index in [0.29, 0.717) is 5.12 Å². The Balaban J connectivity index is 2.09. The van der Waals surface area contributed by atoms with E-state index in [-0.39, 0.29) is 5.54 Å². The summed E-state index contributed by atoms with van der Waals surface area (Å²) in [4.78, 5) is 14.8. The number of thiol groups is 1. The highest BCUT2D eigenvalue weighted by atomic mass is 32.2. The smallest absolute Gasteiger partial charge is 0.196 e. The molecule has 0 spiro atoms. The average molecular weight is 255 g/mol. The Labute approximate surface area is 106 Å². The quantitative estimate of drug-likeness (QED) is 0.766. The normalized spacial score (nSPS) is 28.2. The molecule has 0 saturated carbocycles. The molecule has 0 N–H and O–H groups in total. The van der Waals surface area contributed by atoms with E-state index in [2.05, 4.69) is 21.8 Å². The van der Waals surface area contributed by atoms with Gasteiger partial charge in [-0.1, -0.05) is 6.08 Å². The molecule has 1 unspecified atom stereocenters. The lowest BCUT2D eigenvalue weighted by molar-refractivity contribution is -0.123. The van der Waals surface area contributed by atoms with Crippen LogP contribution < -0.4 is 0 Å². The Hall–Kier alpha value is -0.580. The molecule has 1 fully saturated rings. The summed E-state index contributed by atoms with van der Waals surface area (Å²) < 4.78 is 5.34. The van der Waals surface area contributed by atoms with Gasteiger partial charge in [0.05, 0.1) is 18.8 Å². The van der Waals surface area contributed by atoms with Crippen molar-refractivity contribution in [2.75, 3.05) is 26.3 Å². The topological polar surface area (TPSA) is 29.5 Å². The molecule has 2 aliphatic heterocycles. The summed E-state index contributed by atoms with van der Waals surface area (Å²) in [5, 5.41) is 4.53. The zero-order chi connectivity index (χ0) is 12.5. The molecule has 4 heteroatoms. The molecule has 0 aromatic carbocycles. The van der Waals surface area contributed by atoms with Gasteiger partial charge in [0.2, 0.25) is 0 Å². The van der Waals surface area contributed by atoms with Crippen molar-refractivity contribution in [2.45, 2.75) is 26.3 Å². The second kappa shape index (κ2) is 4.96. The van der Waals surface area contributed by atoms with Crippen molar-refractivity contribution in [2.24, 2.45) is 0 Å². The summed E-state index contributed by atoms with van der Waals surface area (Å²) in [6.07, 6.45) is 2.05. The van der Waals surface area contributed by atoms with Gasteiger partial charge in [-0.15, -0.1) is 0 Å². The van der Waals surface area contributed by atoms with Gasteiger partial charge in [-0.05, 0) is 37.2 Å². The lowest BCUT2D eigenvalue weighted by atomic mass is 10.0. The molecule has 0 radical (unpaired) electrons. The Bertz CT molecular complexity index is 368. The van der Waals surface area contributed by atoms with Crippen molar-refractivity contribution in [3.63, 3.8) is 0 Å². The van der Waals surface area contributed by atoms with Gasteiger partial charge in [0.15, 0.2) is 5.12 Å². The monoisotopic (exact) mass is 255 g/mol. The summed E-state index contributed by atoms with van der Waals surface area (Å²) in [7, 11) is -0.722. The molecular weight excluding hydrogens is 234 g/mol. The molecule has 0 aliphatic carbocycles. The number of rotatable bonds is 2. The van der Waals surface area contributed by atoms with Crippen LogP contribution in [0.4, 0.5) is 0 Å². The van der Waals surface area contributed by atoms with E-state index in [1.165, 1.54) is 5.57 Å². The van der Waals surface area contributed by atoms with Gasteiger partial charge in [-0.25, -0.2) is 0 Å². The molecule has 96 valence electrons. The summed E-state index contributed by atoms with van der Waals surface area (Å²) in [5.41, 5.74) is 0.836. The fourth-order valence-corrected chi connectivity index (χ4v) is 4.24.